The number of rotatable bonds is 9. The number of amides is 2. The molecule has 2 fully saturated rings. The highest BCUT2D eigenvalue weighted by atomic mass is 16.5. The van der Waals surface area contributed by atoms with Crippen LogP contribution in [0.5, 0.6) is 11.5 Å². The lowest BCUT2D eigenvalue weighted by Gasteiger charge is -2.22. The molecule has 12 nitrogen and oxygen atoms in total. The molecule has 0 spiro atoms. The monoisotopic (exact) mass is 464 g/mol. The first-order valence-electron chi connectivity index (χ1n) is 10.4. The Morgan fingerprint density at radius 2 is 1.18 bits per heavy atom. The molecular formula is C21H24N2O10. The van der Waals surface area contributed by atoms with Crippen molar-refractivity contribution in [3.05, 3.63) is 23.8 Å². The highest BCUT2D eigenvalue weighted by molar-refractivity contribution is 5.89. The Hall–Kier alpha value is -3.83. The van der Waals surface area contributed by atoms with Crippen LogP contribution in [0, 0.1) is 0 Å². The Balaban J connectivity index is 1.65. The van der Waals surface area contributed by atoms with Gasteiger partial charge in [-0.15, -0.1) is 0 Å². The minimum absolute atomic E-state index is 0.0126. The maximum Gasteiger partial charge on any atom is 0.335 e. The fourth-order valence-corrected chi connectivity index (χ4v) is 3.96. The van der Waals surface area contributed by atoms with Crippen LogP contribution in [0.1, 0.15) is 36.0 Å². The lowest BCUT2D eigenvalue weighted by Crippen LogP contribution is -2.42. The van der Waals surface area contributed by atoms with E-state index in [9.17, 15) is 39.3 Å². The first-order chi connectivity index (χ1) is 15.7. The molecule has 2 amide bonds. The number of hydrogen-bond acceptors (Lipinski definition) is 7. The number of carbonyl (C=O) groups excluding carboxylic acids is 2. The van der Waals surface area contributed by atoms with Crippen LogP contribution >= 0.6 is 0 Å². The third-order valence-electron chi connectivity index (χ3n) is 5.57. The van der Waals surface area contributed by atoms with Gasteiger partial charge in [-0.25, -0.2) is 14.4 Å². The quantitative estimate of drug-likeness (QED) is 0.461. The molecule has 33 heavy (non-hydrogen) atoms. The van der Waals surface area contributed by atoms with Gasteiger partial charge in [0.05, 0.1) is 5.56 Å². The smallest absolute Gasteiger partial charge is 0.335 e. The van der Waals surface area contributed by atoms with Crippen molar-refractivity contribution >= 4 is 29.7 Å². The van der Waals surface area contributed by atoms with Crippen LogP contribution in [0.2, 0.25) is 0 Å². The summed E-state index contributed by atoms with van der Waals surface area (Å²) >= 11 is 0. The summed E-state index contributed by atoms with van der Waals surface area (Å²) < 4.78 is 10.8. The van der Waals surface area contributed by atoms with Crippen molar-refractivity contribution in [1.29, 1.82) is 0 Å². The van der Waals surface area contributed by atoms with Crippen molar-refractivity contribution in [3.63, 3.8) is 0 Å². The Labute approximate surface area is 188 Å². The predicted octanol–water partition coefficient (Wildman–Crippen LogP) is 0.294. The van der Waals surface area contributed by atoms with Gasteiger partial charge >= 0.3 is 17.9 Å². The van der Waals surface area contributed by atoms with Crippen LogP contribution in [0.25, 0.3) is 0 Å². The molecule has 1 aromatic rings. The van der Waals surface area contributed by atoms with Crippen LogP contribution in [0.3, 0.4) is 0 Å². The zero-order valence-electron chi connectivity index (χ0n) is 17.6. The topological polar surface area (TPSA) is 171 Å². The average molecular weight is 464 g/mol. The Morgan fingerprint density at radius 1 is 0.758 bits per heavy atom. The molecule has 2 aliphatic heterocycles. The number of ether oxygens (including phenoxy) is 2. The standard InChI is InChI=1S/C21H24N2O10/c24-17(22-5-1-3-15(22)20(28)29)10-32-13-7-12(19(26)27)8-14(9-13)33-11-18(25)23-6-2-4-16(23)21(30)31/h7-9,15-16H,1-6,10-11H2,(H,26,27)(H,28,29)(H,30,31). The van der Waals surface area contributed by atoms with Gasteiger partial charge in [-0.05, 0) is 37.8 Å². The van der Waals surface area contributed by atoms with Gasteiger partial charge in [-0.1, -0.05) is 0 Å². The van der Waals surface area contributed by atoms with Crippen LogP contribution < -0.4 is 9.47 Å². The fraction of sp³-hybridized carbons (Fsp3) is 0.476. The van der Waals surface area contributed by atoms with Gasteiger partial charge < -0.3 is 34.6 Å². The highest BCUT2D eigenvalue weighted by Gasteiger charge is 2.35. The summed E-state index contributed by atoms with van der Waals surface area (Å²) in [5.74, 6) is -4.62. The zero-order valence-corrected chi connectivity index (χ0v) is 17.6. The van der Waals surface area contributed by atoms with Crippen molar-refractivity contribution in [2.75, 3.05) is 26.3 Å². The van der Waals surface area contributed by atoms with E-state index in [-0.39, 0.29) is 17.1 Å². The van der Waals surface area contributed by atoms with Gasteiger partial charge in [0.2, 0.25) is 0 Å². The molecule has 2 unspecified atom stereocenters. The molecule has 0 saturated carbocycles. The van der Waals surface area contributed by atoms with Crippen molar-refractivity contribution in [3.8, 4) is 11.5 Å². The Kier molecular flexibility index (Phi) is 7.36. The lowest BCUT2D eigenvalue weighted by molar-refractivity contribution is -0.149. The summed E-state index contributed by atoms with van der Waals surface area (Å²) in [6, 6.07) is 1.80. The van der Waals surface area contributed by atoms with Crippen LogP contribution in [0.4, 0.5) is 0 Å². The molecule has 178 valence electrons. The molecular weight excluding hydrogens is 440 g/mol. The zero-order chi connectivity index (χ0) is 24.1. The van der Waals surface area contributed by atoms with E-state index in [4.69, 9.17) is 9.47 Å². The number of hydrogen-bond donors (Lipinski definition) is 3. The Morgan fingerprint density at radius 3 is 1.55 bits per heavy atom. The maximum atomic E-state index is 12.4. The van der Waals surface area contributed by atoms with Crippen molar-refractivity contribution in [1.82, 2.24) is 9.80 Å². The van der Waals surface area contributed by atoms with E-state index in [0.717, 1.165) is 0 Å². The van der Waals surface area contributed by atoms with Crippen LogP contribution in [-0.2, 0) is 19.2 Å². The number of carboxylic acid groups (broad SMARTS) is 3. The van der Waals surface area contributed by atoms with Gasteiger partial charge in [-0.2, -0.15) is 0 Å². The molecule has 12 heteroatoms. The molecule has 3 N–H and O–H groups in total. The number of carboxylic acids is 3. The van der Waals surface area contributed by atoms with Crippen molar-refractivity contribution in [2.45, 2.75) is 37.8 Å². The second-order valence-corrected chi connectivity index (χ2v) is 7.74. The molecule has 2 heterocycles. The number of aliphatic carboxylic acids is 2. The molecule has 2 aliphatic rings. The van der Waals surface area contributed by atoms with E-state index in [1.807, 2.05) is 0 Å². The SMILES string of the molecule is O=C(O)c1cc(OCC(=O)N2CCCC2C(=O)O)cc(OCC(=O)N2CCCC2C(=O)O)c1. The molecule has 0 radical (unpaired) electrons. The Bertz CT molecular complexity index is 896. The number of carbonyl (C=O) groups is 5. The van der Waals surface area contributed by atoms with Gasteiger partial charge in [0.15, 0.2) is 13.2 Å². The van der Waals surface area contributed by atoms with E-state index in [1.165, 1.54) is 28.0 Å². The highest BCUT2D eigenvalue weighted by Crippen LogP contribution is 2.25. The number of nitrogens with zero attached hydrogens (tertiary/aromatic N) is 2. The van der Waals surface area contributed by atoms with E-state index in [2.05, 4.69) is 0 Å². The van der Waals surface area contributed by atoms with Gasteiger partial charge in [0, 0.05) is 19.2 Å². The van der Waals surface area contributed by atoms with Crippen LogP contribution in [-0.4, -0.2) is 93.2 Å². The van der Waals surface area contributed by atoms with Gasteiger partial charge in [0.25, 0.3) is 11.8 Å². The molecule has 3 rings (SSSR count). The third-order valence-corrected chi connectivity index (χ3v) is 5.57. The summed E-state index contributed by atoms with van der Waals surface area (Å²) in [6.45, 7) is -0.421. The molecule has 1 aromatic carbocycles. The van der Waals surface area contributed by atoms with Crippen molar-refractivity contribution < 1.29 is 48.8 Å². The van der Waals surface area contributed by atoms with Crippen molar-refractivity contribution in [2.24, 2.45) is 0 Å². The molecule has 2 atom stereocenters. The molecule has 2 saturated heterocycles. The number of benzene rings is 1. The second kappa shape index (κ2) is 10.2. The summed E-state index contributed by atoms with van der Waals surface area (Å²) in [7, 11) is 0. The van der Waals surface area contributed by atoms with Gasteiger partial charge in [0.1, 0.15) is 23.6 Å². The van der Waals surface area contributed by atoms with E-state index < -0.39 is 55.0 Å². The molecule has 0 aliphatic carbocycles. The van der Waals surface area contributed by atoms with E-state index in [0.29, 0.717) is 38.8 Å². The third kappa shape index (κ3) is 5.70. The minimum Gasteiger partial charge on any atom is -0.484 e. The fourth-order valence-electron chi connectivity index (χ4n) is 3.96. The van der Waals surface area contributed by atoms with E-state index >= 15 is 0 Å². The van der Waals surface area contributed by atoms with E-state index in [1.54, 1.807) is 0 Å². The molecule has 0 bridgehead atoms. The predicted molar refractivity (Wildman–Crippen MR) is 109 cm³/mol. The lowest BCUT2D eigenvalue weighted by atomic mass is 10.2. The largest absolute Gasteiger partial charge is 0.484 e. The number of aromatic carboxylic acids is 1. The number of likely N-dealkylation sites (tertiary alicyclic amines) is 2. The van der Waals surface area contributed by atoms with Crippen LogP contribution in [0.15, 0.2) is 18.2 Å². The first kappa shape index (κ1) is 23.8. The van der Waals surface area contributed by atoms with Gasteiger partial charge in [-0.3, -0.25) is 9.59 Å². The summed E-state index contributed by atoms with van der Waals surface area (Å²) in [4.78, 5) is 61.1. The maximum absolute atomic E-state index is 12.4. The normalized spacial score (nSPS) is 19.9. The second-order valence-electron chi connectivity index (χ2n) is 7.74. The average Bonchev–Trinajstić information content (AvgIpc) is 3.45. The summed E-state index contributed by atoms with van der Waals surface area (Å²) in [6.07, 6.45) is 1.81. The molecule has 0 aromatic heterocycles. The minimum atomic E-state index is -1.29. The summed E-state index contributed by atoms with van der Waals surface area (Å²) in [5.41, 5.74) is -0.212. The summed E-state index contributed by atoms with van der Waals surface area (Å²) in [5, 5.41) is 27.7. The first-order valence-corrected chi connectivity index (χ1v) is 10.4.